The molecule has 0 atom stereocenters. The molecule has 98 valence electrons. The third-order valence-electron chi connectivity index (χ3n) is 3.68. The Hall–Kier alpha value is -1.67. The van der Waals surface area contributed by atoms with Gasteiger partial charge in [0.1, 0.15) is 0 Å². The van der Waals surface area contributed by atoms with Crippen LogP contribution < -0.4 is 5.32 Å². The molecule has 2 aromatic rings. The lowest BCUT2D eigenvalue weighted by molar-refractivity contribution is 0.687. The number of nitrogens with zero attached hydrogens (tertiary/aromatic N) is 1. The second-order valence-electron chi connectivity index (χ2n) is 5.41. The van der Waals surface area contributed by atoms with Crippen molar-refractivity contribution >= 4 is 0 Å². The fourth-order valence-corrected chi connectivity index (χ4v) is 2.27. The van der Waals surface area contributed by atoms with E-state index in [0.29, 0.717) is 0 Å². The topological polar surface area (TPSA) is 24.9 Å². The largest absolute Gasteiger partial charge is 0.310 e. The highest BCUT2D eigenvalue weighted by molar-refractivity contribution is 5.34. The Morgan fingerprint density at radius 3 is 2.84 bits per heavy atom. The first-order valence-electron chi connectivity index (χ1n) is 7.03. The summed E-state index contributed by atoms with van der Waals surface area (Å²) in [5.41, 5.74) is 5.25. The summed E-state index contributed by atoms with van der Waals surface area (Å²) in [6.07, 6.45) is 5.46. The Labute approximate surface area is 114 Å². The van der Waals surface area contributed by atoms with Crippen molar-refractivity contribution in [3.8, 4) is 0 Å². The Morgan fingerprint density at radius 1 is 1.21 bits per heavy atom. The normalized spacial score (nSPS) is 14.6. The van der Waals surface area contributed by atoms with Crippen molar-refractivity contribution in [1.29, 1.82) is 0 Å². The zero-order valence-electron chi connectivity index (χ0n) is 11.4. The van der Waals surface area contributed by atoms with Gasteiger partial charge in [-0.25, -0.2) is 0 Å². The summed E-state index contributed by atoms with van der Waals surface area (Å²) in [6, 6.07) is 13.6. The van der Waals surface area contributed by atoms with Crippen molar-refractivity contribution in [3.63, 3.8) is 0 Å². The predicted octanol–water partition coefficient (Wildman–Crippen LogP) is 3.23. The second kappa shape index (κ2) is 5.54. The maximum atomic E-state index is 4.41. The standard InChI is InChI=1S/C17H20N2/c1-13-5-6-14(12-19-16-7-8-16)10-15(13)11-17-4-2-3-9-18-17/h2-6,9-10,16,19H,7-8,11-12H2,1H3. The molecule has 1 heterocycles. The minimum Gasteiger partial charge on any atom is -0.310 e. The molecule has 19 heavy (non-hydrogen) atoms. The van der Waals surface area contributed by atoms with Crippen LogP contribution in [0.5, 0.6) is 0 Å². The lowest BCUT2D eigenvalue weighted by Gasteiger charge is -2.09. The highest BCUT2D eigenvalue weighted by atomic mass is 14.9. The van der Waals surface area contributed by atoms with Gasteiger partial charge in [0.25, 0.3) is 0 Å². The molecule has 2 heteroatoms. The van der Waals surface area contributed by atoms with E-state index in [9.17, 15) is 0 Å². The molecule has 0 aliphatic heterocycles. The summed E-state index contributed by atoms with van der Waals surface area (Å²) in [5, 5.41) is 3.57. The first-order valence-corrected chi connectivity index (χ1v) is 7.03. The van der Waals surface area contributed by atoms with Crippen molar-refractivity contribution in [2.24, 2.45) is 0 Å². The van der Waals surface area contributed by atoms with Crippen molar-refractivity contribution in [1.82, 2.24) is 10.3 Å². The van der Waals surface area contributed by atoms with Gasteiger partial charge >= 0.3 is 0 Å². The molecule has 1 fully saturated rings. The number of nitrogens with one attached hydrogen (secondary N) is 1. The molecule has 1 aliphatic rings. The maximum absolute atomic E-state index is 4.41. The van der Waals surface area contributed by atoms with Crippen molar-refractivity contribution in [2.45, 2.75) is 38.8 Å². The molecule has 1 N–H and O–H groups in total. The molecule has 0 bridgehead atoms. The molecular formula is C17H20N2. The zero-order valence-corrected chi connectivity index (χ0v) is 11.4. The van der Waals surface area contributed by atoms with Gasteiger partial charge in [-0.05, 0) is 48.6 Å². The molecule has 1 aliphatic carbocycles. The van der Waals surface area contributed by atoms with Gasteiger partial charge in [0, 0.05) is 30.9 Å². The van der Waals surface area contributed by atoms with Crippen LogP contribution in [-0.2, 0) is 13.0 Å². The van der Waals surface area contributed by atoms with E-state index in [0.717, 1.165) is 24.7 Å². The molecule has 2 nitrogen and oxygen atoms in total. The smallest absolute Gasteiger partial charge is 0.0447 e. The minimum atomic E-state index is 0.764. The Kier molecular flexibility index (Phi) is 3.60. The molecule has 1 saturated carbocycles. The van der Waals surface area contributed by atoms with E-state index in [4.69, 9.17) is 0 Å². The summed E-state index contributed by atoms with van der Waals surface area (Å²) in [6.45, 7) is 3.16. The summed E-state index contributed by atoms with van der Waals surface area (Å²) in [7, 11) is 0. The maximum Gasteiger partial charge on any atom is 0.0447 e. The Morgan fingerprint density at radius 2 is 2.11 bits per heavy atom. The van der Waals surface area contributed by atoms with Crippen LogP contribution in [-0.4, -0.2) is 11.0 Å². The average molecular weight is 252 g/mol. The number of aryl methyl sites for hydroxylation is 1. The fraction of sp³-hybridized carbons (Fsp3) is 0.353. The number of hydrogen-bond acceptors (Lipinski definition) is 2. The van der Waals surface area contributed by atoms with Gasteiger partial charge in [-0.3, -0.25) is 4.98 Å². The number of rotatable bonds is 5. The van der Waals surface area contributed by atoms with E-state index in [1.807, 2.05) is 12.3 Å². The van der Waals surface area contributed by atoms with E-state index in [1.54, 1.807) is 0 Å². The predicted molar refractivity (Wildman–Crippen MR) is 78.1 cm³/mol. The minimum absolute atomic E-state index is 0.764. The number of hydrogen-bond donors (Lipinski definition) is 1. The van der Waals surface area contributed by atoms with E-state index >= 15 is 0 Å². The van der Waals surface area contributed by atoms with Crippen LogP contribution in [0.4, 0.5) is 0 Å². The average Bonchev–Trinajstić information content (AvgIpc) is 3.25. The summed E-state index contributed by atoms with van der Waals surface area (Å²) >= 11 is 0. The van der Waals surface area contributed by atoms with Gasteiger partial charge in [0.05, 0.1) is 0 Å². The van der Waals surface area contributed by atoms with Crippen LogP contribution in [0.3, 0.4) is 0 Å². The van der Waals surface area contributed by atoms with E-state index < -0.39 is 0 Å². The zero-order chi connectivity index (χ0) is 13.1. The third-order valence-corrected chi connectivity index (χ3v) is 3.68. The van der Waals surface area contributed by atoms with Crippen LogP contribution in [0.1, 0.15) is 35.2 Å². The molecule has 0 saturated heterocycles. The third kappa shape index (κ3) is 3.42. The number of benzene rings is 1. The molecule has 0 spiro atoms. The molecule has 1 aromatic carbocycles. The van der Waals surface area contributed by atoms with Crippen LogP contribution in [0, 0.1) is 6.92 Å². The fourth-order valence-electron chi connectivity index (χ4n) is 2.27. The van der Waals surface area contributed by atoms with E-state index in [1.165, 1.54) is 29.5 Å². The Bertz CT molecular complexity index is 544. The first-order chi connectivity index (χ1) is 9.31. The molecular weight excluding hydrogens is 232 g/mol. The second-order valence-corrected chi connectivity index (χ2v) is 5.41. The molecule has 1 aromatic heterocycles. The quantitative estimate of drug-likeness (QED) is 0.883. The van der Waals surface area contributed by atoms with Gasteiger partial charge < -0.3 is 5.32 Å². The Balaban J connectivity index is 1.73. The summed E-state index contributed by atoms with van der Waals surface area (Å²) < 4.78 is 0. The lowest BCUT2D eigenvalue weighted by atomic mass is 10.0. The molecule has 3 rings (SSSR count). The van der Waals surface area contributed by atoms with Gasteiger partial charge in [-0.15, -0.1) is 0 Å². The van der Waals surface area contributed by atoms with Crippen LogP contribution in [0.15, 0.2) is 42.6 Å². The summed E-state index contributed by atoms with van der Waals surface area (Å²) in [4.78, 5) is 4.41. The lowest BCUT2D eigenvalue weighted by Crippen LogP contribution is -2.15. The first kappa shape index (κ1) is 12.4. The highest BCUT2D eigenvalue weighted by Crippen LogP contribution is 2.20. The van der Waals surface area contributed by atoms with E-state index in [-0.39, 0.29) is 0 Å². The van der Waals surface area contributed by atoms with Crippen LogP contribution in [0.25, 0.3) is 0 Å². The van der Waals surface area contributed by atoms with Crippen LogP contribution >= 0.6 is 0 Å². The van der Waals surface area contributed by atoms with Crippen molar-refractivity contribution in [3.05, 3.63) is 65.0 Å². The number of aromatic nitrogens is 1. The summed E-state index contributed by atoms with van der Waals surface area (Å²) in [5.74, 6) is 0. The van der Waals surface area contributed by atoms with Gasteiger partial charge in [-0.2, -0.15) is 0 Å². The highest BCUT2D eigenvalue weighted by Gasteiger charge is 2.19. The van der Waals surface area contributed by atoms with Gasteiger partial charge in [0.15, 0.2) is 0 Å². The molecule has 0 radical (unpaired) electrons. The van der Waals surface area contributed by atoms with Crippen molar-refractivity contribution in [2.75, 3.05) is 0 Å². The van der Waals surface area contributed by atoms with Crippen molar-refractivity contribution < 1.29 is 0 Å². The van der Waals surface area contributed by atoms with Gasteiger partial charge in [-0.1, -0.05) is 24.3 Å². The van der Waals surface area contributed by atoms with Crippen LogP contribution in [0.2, 0.25) is 0 Å². The monoisotopic (exact) mass is 252 g/mol. The SMILES string of the molecule is Cc1ccc(CNC2CC2)cc1Cc1ccccn1. The molecule has 0 unspecified atom stereocenters. The van der Waals surface area contributed by atoms with Gasteiger partial charge in [0.2, 0.25) is 0 Å². The van der Waals surface area contributed by atoms with E-state index in [2.05, 4.69) is 47.6 Å². The molecule has 0 amide bonds. The number of pyridine rings is 1.